The molecule has 1 heterocycles. The Morgan fingerprint density at radius 1 is 1.04 bits per heavy atom. The van der Waals surface area contributed by atoms with Crippen molar-refractivity contribution < 1.29 is 0 Å². The van der Waals surface area contributed by atoms with Crippen LogP contribution < -0.4 is 0 Å². The van der Waals surface area contributed by atoms with Crippen molar-refractivity contribution in [3.05, 3.63) is 98.5 Å². The van der Waals surface area contributed by atoms with Gasteiger partial charge in [0.05, 0.1) is 5.25 Å². The standard InChI is InChI=1S/C24H22S/c1-15-13-22-16(2)20-11-12-25-24(20)14-23(22)19(15)10-9-18-8-7-17-5-3-4-6-21(17)18/h3-8,11-14,18,24H,9-10H2,1-2H3. The summed E-state index contributed by atoms with van der Waals surface area (Å²) in [7, 11) is 0. The third-order valence-corrected chi connectivity index (χ3v) is 6.97. The van der Waals surface area contributed by atoms with E-state index < -0.39 is 0 Å². The molecule has 0 saturated heterocycles. The minimum absolute atomic E-state index is 0.528. The highest BCUT2D eigenvalue weighted by Crippen LogP contribution is 2.48. The Balaban J connectivity index is 1.38. The fraction of sp³-hybridized carbons (Fsp3) is 0.250. The normalized spacial score (nSPS) is 26.0. The number of hydrogen-bond acceptors (Lipinski definition) is 1. The molecule has 2 unspecified atom stereocenters. The van der Waals surface area contributed by atoms with Crippen LogP contribution in [-0.4, -0.2) is 5.25 Å². The molecule has 124 valence electrons. The van der Waals surface area contributed by atoms with Gasteiger partial charge in [0.15, 0.2) is 0 Å². The van der Waals surface area contributed by atoms with Crippen LogP contribution in [-0.2, 0) is 0 Å². The predicted molar refractivity (Wildman–Crippen MR) is 110 cm³/mol. The zero-order valence-electron chi connectivity index (χ0n) is 14.8. The largest absolute Gasteiger partial charge is 0.122 e. The molecule has 3 aliphatic carbocycles. The van der Waals surface area contributed by atoms with Crippen LogP contribution in [0.2, 0.25) is 0 Å². The summed E-state index contributed by atoms with van der Waals surface area (Å²) in [6, 6.07) is 8.83. The Morgan fingerprint density at radius 2 is 1.92 bits per heavy atom. The maximum absolute atomic E-state index is 2.50. The minimum atomic E-state index is 0.528. The molecule has 1 heteroatoms. The van der Waals surface area contributed by atoms with Crippen molar-refractivity contribution in [2.45, 2.75) is 37.9 Å². The smallest absolute Gasteiger partial charge is 0.0530 e. The highest BCUT2D eigenvalue weighted by molar-refractivity contribution is 8.03. The topological polar surface area (TPSA) is 0 Å². The number of thioether (sulfide) groups is 1. The van der Waals surface area contributed by atoms with E-state index >= 15 is 0 Å². The van der Waals surface area contributed by atoms with Crippen molar-refractivity contribution in [2.24, 2.45) is 0 Å². The lowest BCUT2D eigenvalue weighted by Crippen LogP contribution is -2.10. The van der Waals surface area contributed by atoms with Crippen LogP contribution in [0.4, 0.5) is 0 Å². The van der Waals surface area contributed by atoms with Gasteiger partial charge in [-0.15, -0.1) is 11.8 Å². The third kappa shape index (κ3) is 2.37. The Labute approximate surface area is 154 Å². The molecule has 4 aliphatic rings. The number of allylic oxidation sites excluding steroid dienone is 8. The number of benzene rings is 1. The lowest BCUT2D eigenvalue weighted by atomic mass is 9.84. The molecule has 0 saturated carbocycles. The maximum Gasteiger partial charge on any atom is 0.0530 e. The van der Waals surface area contributed by atoms with Crippen LogP contribution in [0.25, 0.3) is 6.08 Å². The lowest BCUT2D eigenvalue weighted by Gasteiger charge is -2.23. The van der Waals surface area contributed by atoms with Gasteiger partial charge in [-0.05, 0) is 76.7 Å². The van der Waals surface area contributed by atoms with Crippen LogP contribution in [0.15, 0.2) is 87.4 Å². The van der Waals surface area contributed by atoms with E-state index in [0.717, 1.165) is 6.42 Å². The lowest BCUT2D eigenvalue weighted by molar-refractivity contribution is 0.742. The molecular weight excluding hydrogens is 320 g/mol. The molecule has 1 aromatic rings. The summed E-state index contributed by atoms with van der Waals surface area (Å²) < 4.78 is 0. The Hall–Kier alpha value is -1.99. The van der Waals surface area contributed by atoms with Crippen LogP contribution >= 0.6 is 11.8 Å². The molecule has 0 aromatic heterocycles. The summed E-state index contributed by atoms with van der Waals surface area (Å²) in [4.78, 5) is 0. The molecular formula is C24H22S. The average molecular weight is 343 g/mol. The van der Waals surface area contributed by atoms with E-state index in [0.29, 0.717) is 11.2 Å². The number of hydrogen-bond donors (Lipinski definition) is 0. The first-order valence-corrected chi connectivity index (χ1v) is 10.1. The summed E-state index contributed by atoms with van der Waals surface area (Å²) in [6.07, 6.45) is 14.3. The van der Waals surface area contributed by atoms with Crippen molar-refractivity contribution in [1.82, 2.24) is 0 Å². The number of fused-ring (bicyclic) bond motifs is 3. The monoisotopic (exact) mass is 342 g/mol. The van der Waals surface area contributed by atoms with Gasteiger partial charge in [0.1, 0.15) is 0 Å². The molecule has 0 radical (unpaired) electrons. The maximum atomic E-state index is 2.50. The van der Waals surface area contributed by atoms with E-state index in [-0.39, 0.29) is 0 Å². The molecule has 0 N–H and O–H groups in total. The molecule has 0 fully saturated rings. The molecule has 0 spiro atoms. The van der Waals surface area contributed by atoms with Crippen molar-refractivity contribution in [3.63, 3.8) is 0 Å². The van der Waals surface area contributed by atoms with E-state index in [2.05, 4.69) is 73.9 Å². The first-order valence-electron chi connectivity index (χ1n) is 9.16. The summed E-state index contributed by atoms with van der Waals surface area (Å²) in [5.74, 6) is 0.569. The predicted octanol–water partition coefficient (Wildman–Crippen LogP) is 6.72. The first-order chi connectivity index (χ1) is 12.2. The minimum Gasteiger partial charge on any atom is -0.122 e. The Kier molecular flexibility index (Phi) is 3.53. The van der Waals surface area contributed by atoms with E-state index in [1.807, 2.05) is 11.8 Å². The molecule has 25 heavy (non-hydrogen) atoms. The van der Waals surface area contributed by atoms with E-state index in [4.69, 9.17) is 0 Å². The molecule has 0 amide bonds. The van der Waals surface area contributed by atoms with Crippen LogP contribution in [0, 0.1) is 0 Å². The first kappa shape index (κ1) is 15.3. The van der Waals surface area contributed by atoms with Crippen LogP contribution in [0.3, 0.4) is 0 Å². The van der Waals surface area contributed by atoms with Gasteiger partial charge < -0.3 is 0 Å². The Bertz CT molecular complexity index is 946. The van der Waals surface area contributed by atoms with Crippen LogP contribution in [0.1, 0.15) is 43.7 Å². The molecule has 0 bridgehead atoms. The fourth-order valence-corrected chi connectivity index (χ4v) is 5.61. The van der Waals surface area contributed by atoms with E-state index in [1.54, 1.807) is 5.57 Å². The Morgan fingerprint density at radius 3 is 2.84 bits per heavy atom. The number of rotatable bonds is 3. The van der Waals surface area contributed by atoms with Gasteiger partial charge in [0.2, 0.25) is 0 Å². The molecule has 5 rings (SSSR count). The highest BCUT2D eigenvalue weighted by Gasteiger charge is 2.30. The van der Waals surface area contributed by atoms with Gasteiger partial charge in [0, 0.05) is 5.92 Å². The van der Waals surface area contributed by atoms with Crippen molar-refractivity contribution in [2.75, 3.05) is 0 Å². The zero-order chi connectivity index (χ0) is 17.0. The van der Waals surface area contributed by atoms with Gasteiger partial charge in [-0.2, -0.15) is 0 Å². The van der Waals surface area contributed by atoms with E-state index in [1.165, 1.54) is 45.4 Å². The molecule has 1 aliphatic heterocycles. The van der Waals surface area contributed by atoms with Crippen LogP contribution in [0.5, 0.6) is 0 Å². The van der Waals surface area contributed by atoms with Gasteiger partial charge >= 0.3 is 0 Å². The van der Waals surface area contributed by atoms with Crippen molar-refractivity contribution in [1.29, 1.82) is 0 Å². The van der Waals surface area contributed by atoms with Gasteiger partial charge in [-0.1, -0.05) is 54.6 Å². The second-order valence-electron chi connectivity index (χ2n) is 7.37. The average Bonchev–Trinajstić information content (AvgIpc) is 3.31. The summed E-state index contributed by atoms with van der Waals surface area (Å²) in [5.41, 5.74) is 11.9. The zero-order valence-corrected chi connectivity index (χ0v) is 15.6. The van der Waals surface area contributed by atoms with Crippen molar-refractivity contribution in [3.8, 4) is 0 Å². The van der Waals surface area contributed by atoms with Gasteiger partial charge in [-0.3, -0.25) is 0 Å². The molecule has 2 atom stereocenters. The summed E-state index contributed by atoms with van der Waals surface area (Å²) >= 11 is 1.94. The summed E-state index contributed by atoms with van der Waals surface area (Å²) in [5, 5.41) is 2.78. The second-order valence-corrected chi connectivity index (χ2v) is 8.43. The summed E-state index contributed by atoms with van der Waals surface area (Å²) in [6.45, 7) is 4.58. The quantitative estimate of drug-likeness (QED) is 0.587. The second kappa shape index (κ2) is 5.78. The SMILES string of the molecule is CC1=C(CCC2C=Cc3ccccc32)C2=CC3SC=CC3=C(C)C2=C1. The van der Waals surface area contributed by atoms with Gasteiger partial charge in [0.25, 0.3) is 0 Å². The molecule has 1 aromatic carbocycles. The third-order valence-electron chi connectivity index (χ3n) is 6.00. The van der Waals surface area contributed by atoms with E-state index in [9.17, 15) is 0 Å². The highest BCUT2D eigenvalue weighted by atomic mass is 32.2. The fourth-order valence-electron chi connectivity index (χ4n) is 4.60. The molecule has 0 nitrogen and oxygen atoms in total. The van der Waals surface area contributed by atoms with Gasteiger partial charge in [-0.25, -0.2) is 0 Å². The van der Waals surface area contributed by atoms with Crippen molar-refractivity contribution >= 4 is 17.8 Å².